The molecular formula is C16H25Cl2N3O3. The molecule has 1 aromatic carbocycles. The summed E-state index contributed by atoms with van der Waals surface area (Å²) >= 11 is 6.09. The molecule has 8 heteroatoms. The molecule has 0 bridgehead atoms. The van der Waals surface area contributed by atoms with E-state index in [0.717, 1.165) is 0 Å². The van der Waals surface area contributed by atoms with Crippen LogP contribution in [0.1, 0.15) is 24.2 Å². The first-order valence-electron chi connectivity index (χ1n) is 7.43. The summed E-state index contributed by atoms with van der Waals surface area (Å²) in [4.78, 5) is 25.8. The Kier molecular flexibility index (Phi) is 10.6. The molecule has 0 fully saturated rings. The van der Waals surface area contributed by atoms with Crippen molar-refractivity contribution < 1.29 is 14.3 Å². The Balaban J connectivity index is 0.00000529. The van der Waals surface area contributed by atoms with Gasteiger partial charge in [0.25, 0.3) is 5.91 Å². The number of hydrogen-bond donors (Lipinski definition) is 2. The van der Waals surface area contributed by atoms with E-state index in [1.54, 1.807) is 37.3 Å². The van der Waals surface area contributed by atoms with Gasteiger partial charge in [0.1, 0.15) is 0 Å². The molecule has 2 N–H and O–H groups in total. The van der Waals surface area contributed by atoms with Gasteiger partial charge in [-0.15, -0.1) is 12.4 Å². The lowest BCUT2D eigenvalue weighted by Gasteiger charge is -2.22. The molecule has 0 saturated carbocycles. The first-order valence-corrected chi connectivity index (χ1v) is 7.80. The van der Waals surface area contributed by atoms with Crippen molar-refractivity contribution in [3.63, 3.8) is 0 Å². The van der Waals surface area contributed by atoms with Gasteiger partial charge in [0.05, 0.1) is 23.9 Å². The van der Waals surface area contributed by atoms with E-state index in [1.165, 1.54) is 0 Å². The zero-order valence-corrected chi connectivity index (χ0v) is 16.0. The van der Waals surface area contributed by atoms with Gasteiger partial charge in [-0.05, 0) is 32.0 Å². The third-order valence-electron chi connectivity index (χ3n) is 3.35. The van der Waals surface area contributed by atoms with Crippen molar-refractivity contribution in [2.45, 2.75) is 19.9 Å². The summed E-state index contributed by atoms with van der Waals surface area (Å²) in [5, 5.41) is 6.03. The molecule has 0 aliphatic carbocycles. The number of rotatable bonds is 8. The van der Waals surface area contributed by atoms with Gasteiger partial charge in [-0.2, -0.15) is 0 Å². The van der Waals surface area contributed by atoms with Gasteiger partial charge in [0.2, 0.25) is 5.91 Å². The number of methoxy groups -OCH3 is 1. The van der Waals surface area contributed by atoms with Crippen molar-refractivity contribution >= 4 is 41.5 Å². The molecule has 0 aromatic heterocycles. The van der Waals surface area contributed by atoms with E-state index >= 15 is 0 Å². The van der Waals surface area contributed by atoms with E-state index in [1.807, 2.05) is 13.8 Å². The predicted octanol–water partition coefficient (Wildman–Crippen LogP) is 2.42. The minimum absolute atomic E-state index is 0. The van der Waals surface area contributed by atoms with Gasteiger partial charge in [0.15, 0.2) is 0 Å². The van der Waals surface area contributed by atoms with E-state index in [-0.39, 0.29) is 36.8 Å². The number of halogens is 2. The Labute approximate surface area is 154 Å². The molecule has 1 aromatic rings. The van der Waals surface area contributed by atoms with Crippen LogP contribution in [0.2, 0.25) is 5.02 Å². The largest absolute Gasteiger partial charge is 0.383 e. The number of ether oxygens (including phenoxy) is 1. The van der Waals surface area contributed by atoms with Gasteiger partial charge in [-0.25, -0.2) is 0 Å². The van der Waals surface area contributed by atoms with Crippen molar-refractivity contribution in [3.05, 3.63) is 28.8 Å². The summed E-state index contributed by atoms with van der Waals surface area (Å²) in [6, 6.07) is 4.94. The van der Waals surface area contributed by atoms with Crippen LogP contribution in [0.15, 0.2) is 18.2 Å². The molecule has 0 spiro atoms. The fourth-order valence-electron chi connectivity index (χ4n) is 1.76. The molecule has 0 heterocycles. The highest BCUT2D eigenvalue weighted by molar-refractivity contribution is 6.33. The summed E-state index contributed by atoms with van der Waals surface area (Å²) < 4.78 is 4.89. The lowest BCUT2D eigenvalue weighted by atomic mass is 10.1. The molecule has 136 valence electrons. The summed E-state index contributed by atoms with van der Waals surface area (Å²) in [5.74, 6) is -0.352. The number of nitrogens with one attached hydrogen (secondary N) is 2. The molecule has 24 heavy (non-hydrogen) atoms. The number of carbonyl (C=O) groups is 2. The average Bonchev–Trinajstić information content (AvgIpc) is 2.52. The molecular weight excluding hydrogens is 353 g/mol. The van der Waals surface area contributed by atoms with E-state index in [4.69, 9.17) is 16.3 Å². The average molecular weight is 378 g/mol. The second-order valence-electron chi connectivity index (χ2n) is 5.42. The number of carbonyl (C=O) groups excluding carboxylic acids is 2. The Bertz CT molecular complexity index is 553. The van der Waals surface area contributed by atoms with Crippen LogP contribution in [0.3, 0.4) is 0 Å². The second-order valence-corrected chi connectivity index (χ2v) is 5.83. The Morgan fingerprint density at radius 2 is 2.00 bits per heavy atom. The van der Waals surface area contributed by atoms with Crippen LogP contribution in [0.25, 0.3) is 0 Å². The predicted molar refractivity (Wildman–Crippen MR) is 99.3 cm³/mol. The second kappa shape index (κ2) is 11.3. The smallest absolute Gasteiger partial charge is 0.253 e. The summed E-state index contributed by atoms with van der Waals surface area (Å²) in [5.41, 5.74) is 0.904. The topological polar surface area (TPSA) is 70.7 Å². The molecule has 2 amide bonds. The monoisotopic (exact) mass is 377 g/mol. The van der Waals surface area contributed by atoms with Crippen LogP contribution >= 0.6 is 24.0 Å². The van der Waals surface area contributed by atoms with Gasteiger partial charge < -0.3 is 20.3 Å². The zero-order chi connectivity index (χ0) is 17.4. The maximum Gasteiger partial charge on any atom is 0.253 e. The molecule has 0 aliphatic rings. The van der Waals surface area contributed by atoms with E-state index < -0.39 is 0 Å². The molecule has 0 atom stereocenters. The normalized spacial score (nSPS) is 10.2. The highest BCUT2D eigenvalue weighted by atomic mass is 35.5. The van der Waals surface area contributed by atoms with Gasteiger partial charge >= 0.3 is 0 Å². The molecule has 1 rings (SSSR count). The first kappa shape index (κ1) is 22.7. The lowest BCUT2D eigenvalue weighted by Crippen LogP contribution is -2.33. The van der Waals surface area contributed by atoms with E-state index in [2.05, 4.69) is 10.6 Å². The number of benzene rings is 1. The van der Waals surface area contributed by atoms with Gasteiger partial charge in [-0.3, -0.25) is 9.59 Å². The van der Waals surface area contributed by atoms with Crippen molar-refractivity contribution in [3.8, 4) is 0 Å². The van der Waals surface area contributed by atoms with Gasteiger partial charge in [0, 0.05) is 32.3 Å². The van der Waals surface area contributed by atoms with E-state index in [0.29, 0.717) is 29.4 Å². The maximum absolute atomic E-state index is 12.3. The van der Waals surface area contributed by atoms with Crippen molar-refractivity contribution in [1.29, 1.82) is 0 Å². The van der Waals surface area contributed by atoms with Crippen molar-refractivity contribution in [2.75, 3.05) is 39.2 Å². The number of amides is 2. The minimum Gasteiger partial charge on any atom is -0.383 e. The van der Waals surface area contributed by atoms with Crippen LogP contribution < -0.4 is 10.6 Å². The van der Waals surface area contributed by atoms with Crippen molar-refractivity contribution in [2.24, 2.45) is 0 Å². The summed E-state index contributed by atoms with van der Waals surface area (Å²) in [7, 11) is 3.33. The number of nitrogens with zero attached hydrogens (tertiary/aromatic N) is 1. The number of anilines is 1. The quantitative estimate of drug-likeness (QED) is 0.682. The fraction of sp³-hybridized carbons (Fsp3) is 0.500. The Morgan fingerprint density at radius 1 is 1.33 bits per heavy atom. The molecule has 0 aliphatic heterocycles. The zero-order valence-electron chi connectivity index (χ0n) is 14.4. The standard InChI is InChI=1S/C16H24ClN3O3.ClH/c1-11(2)20(3)16(22)12-5-6-13(17)14(9-12)19-15(21)10-18-7-8-23-4;/h5-6,9,11,18H,7-8,10H2,1-4H3,(H,19,21);1H. The highest BCUT2D eigenvalue weighted by Gasteiger charge is 2.16. The third-order valence-corrected chi connectivity index (χ3v) is 3.68. The summed E-state index contributed by atoms with van der Waals surface area (Å²) in [6.07, 6.45) is 0. The van der Waals surface area contributed by atoms with Gasteiger partial charge in [-0.1, -0.05) is 11.6 Å². The van der Waals surface area contributed by atoms with Crippen molar-refractivity contribution in [1.82, 2.24) is 10.2 Å². The fourth-order valence-corrected chi connectivity index (χ4v) is 1.93. The Morgan fingerprint density at radius 3 is 2.58 bits per heavy atom. The van der Waals surface area contributed by atoms with Crippen LogP contribution in [-0.4, -0.2) is 56.6 Å². The summed E-state index contributed by atoms with van der Waals surface area (Å²) in [6.45, 7) is 5.11. The van der Waals surface area contributed by atoms with Crippen LogP contribution in [0, 0.1) is 0 Å². The number of hydrogen-bond acceptors (Lipinski definition) is 4. The SMILES string of the molecule is COCCNCC(=O)Nc1cc(C(=O)N(C)C(C)C)ccc1Cl.Cl. The Hall–Kier alpha value is -1.34. The first-order chi connectivity index (χ1) is 10.9. The van der Waals surface area contributed by atoms with Crippen LogP contribution in [-0.2, 0) is 9.53 Å². The lowest BCUT2D eigenvalue weighted by molar-refractivity contribution is -0.115. The minimum atomic E-state index is -0.232. The highest BCUT2D eigenvalue weighted by Crippen LogP contribution is 2.23. The molecule has 6 nitrogen and oxygen atoms in total. The maximum atomic E-state index is 12.3. The molecule has 0 radical (unpaired) electrons. The molecule has 0 unspecified atom stereocenters. The third kappa shape index (κ3) is 7.05. The van der Waals surface area contributed by atoms with Crippen LogP contribution in [0.4, 0.5) is 5.69 Å². The van der Waals surface area contributed by atoms with Crippen LogP contribution in [0.5, 0.6) is 0 Å². The van der Waals surface area contributed by atoms with E-state index in [9.17, 15) is 9.59 Å². The molecule has 0 saturated heterocycles.